The van der Waals surface area contributed by atoms with Crippen LogP contribution in [0.25, 0.3) is 0 Å². The van der Waals surface area contributed by atoms with Gasteiger partial charge in [-0.1, -0.05) is 13.8 Å². The zero-order valence-corrected chi connectivity index (χ0v) is 15.2. The van der Waals surface area contributed by atoms with E-state index in [0.29, 0.717) is 38.8 Å². The molecule has 0 aromatic carbocycles. The van der Waals surface area contributed by atoms with E-state index in [4.69, 9.17) is 4.74 Å². The van der Waals surface area contributed by atoms with Gasteiger partial charge in [-0.3, -0.25) is 9.69 Å². The molecule has 3 heterocycles. The van der Waals surface area contributed by atoms with E-state index in [1.807, 2.05) is 13.8 Å². The number of β-amino-alcohol motifs (C(OH)–C–C–N with tert-alkyl or cyclic N) is 1. The molecule has 1 aromatic heterocycles. The number of morpholine rings is 1. The first-order valence-corrected chi connectivity index (χ1v) is 8.85. The molecule has 1 atom stereocenters. The molecule has 0 radical (unpaired) electrons. The van der Waals surface area contributed by atoms with Crippen molar-refractivity contribution in [2.75, 3.05) is 45.9 Å². The number of aliphatic hydroxyl groups is 1. The van der Waals surface area contributed by atoms with Crippen LogP contribution in [-0.2, 0) is 4.74 Å². The average Bonchev–Trinajstić information content (AvgIpc) is 2.58. The molecule has 0 saturated carbocycles. The first-order chi connectivity index (χ1) is 12.2. The third kappa shape index (κ3) is 3.72. The molecule has 2 aliphatic heterocycles. The van der Waals surface area contributed by atoms with Gasteiger partial charge in [0.25, 0.3) is 5.91 Å². The van der Waals surface area contributed by atoms with Crippen LogP contribution in [0.4, 0.5) is 8.78 Å². The number of ether oxygens (including phenoxy) is 1. The molecule has 0 unspecified atom stereocenters. The average molecular weight is 369 g/mol. The number of hydrogen-bond acceptors (Lipinski definition) is 5. The number of hydrogen-bond donors (Lipinski definition) is 1. The fourth-order valence-corrected chi connectivity index (χ4v) is 3.68. The van der Waals surface area contributed by atoms with Crippen LogP contribution in [0.5, 0.6) is 0 Å². The largest absolute Gasteiger partial charge is 0.388 e. The standard InChI is InChI=1S/C18H25F2N3O3/c1-17(2)11-23(16(24)15-14(20)9-13(19)10-21-15)4-3-18(17,25)12-22-5-7-26-8-6-22/h9-10,25H,3-8,11-12H2,1-2H3/t18-/m1/s1. The highest BCUT2D eigenvalue weighted by Crippen LogP contribution is 2.39. The number of likely N-dealkylation sites (tertiary alicyclic amines) is 1. The SMILES string of the molecule is CC1(C)CN(C(=O)c2ncc(F)cc2F)CC[C@@]1(O)CN1CCOCC1. The van der Waals surface area contributed by atoms with Crippen LogP contribution in [0.2, 0.25) is 0 Å². The van der Waals surface area contributed by atoms with Gasteiger partial charge in [0, 0.05) is 44.2 Å². The van der Waals surface area contributed by atoms with Gasteiger partial charge in [-0.2, -0.15) is 0 Å². The van der Waals surface area contributed by atoms with Crippen molar-refractivity contribution in [3.05, 3.63) is 29.6 Å². The number of piperidine rings is 1. The first-order valence-electron chi connectivity index (χ1n) is 8.85. The van der Waals surface area contributed by atoms with Gasteiger partial charge in [0.2, 0.25) is 0 Å². The Morgan fingerprint density at radius 3 is 2.62 bits per heavy atom. The molecular formula is C18H25F2N3O3. The van der Waals surface area contributed by atoms with Crippen molar-refractivity contribution in [3.8, 4) is 0 Å². The van der Waals surface area contributed by atoms with Crippen LogP contribution in [0, 0.1) is 17.0 Å². The van der Waals surface area contributed by atoms with Crippen molar-refractivity contribution in [2.45, 2.75) is 25.9 Å². The molecule has 144 valence electrons. The minimum absolute atomic E-state index is 0.269. The molecule has 1 amide bonds. The molecule has 0 aliphatic carbocycles. The maximum Gasteiger partial charge on any atom is 0.275 e. The van der Waals surface area contributed by atoms with E-state index in [1.165, 1.54) is 4.90 Å². The van der Waals surface area contributed by atoms with E-state index in [2.05, 4.69) is 9.88 Å². The summed E-state index contributed by atoms with van der Waals surface area (Å²) in [6, 6.07) is 0.657. The van der Waals surface area contributed by atoms with E-state index in [-0.39, 0.29) is 12.2 Å². The number of pyridine rings is 1. The zero-order chi connectivity index (χ0) is 18.9. The Labute approximate surface area is 151 Å². The second-order valence-electron chi connectivity index (χ2n) is 7.76. The van der Waals surface area contributed by atoms with Crippen molar-refractivity contribution in [1.29, 1.82) is 0 Å². The lowest BCUT2D eigenvalue weighted by molar-refractivity contribution is -0.133. The first kappa shape index (κ1) is 19.1. The monoisotopic (exact) mass is 369 g/mol. The lowest BCUT2D eigenvalue weighted by Gasteiger charge is -2.52. The Kier molecular flexibility index (Phi) is 5.28. The highest BCUT2D eigenvalue weighted by atomic mass is 19.1. The Bertz CT molecular complexity index is 680. The summed E-state index contributed by atoms with van der Waals surface area (Å²) >= 11 is 0. The number of nitrogens with zero attached hydrogens (tertiary/aromatic N) is 3. The van der Waals surface area contributed by atoms with Gasteiger partial charge in [-0.25, -0.2) is 13.8 Å². The van der Waals surface area contributed by atoms with Gasteiger partial charge in [0.1, 0.15) is 5.82 Å². The molecular weight excluding hydrogens is 344 g/mol. The second-order valence-corrected chi connectivity index (χ2v) is 7.76. The number of rotatable bonds is 3. The van der Waals surface area contributed by atoms with Gasteiger partial charge in [0.05, 0.1) is 25.0 Å². The molecule has 26 heavy (non-hydrogen) atoms. The van der Waals surface area contributed by atoms with Gasteiger partial charge in [-0.05, 0) is 6.42 Å². The van der Waals surface area contributed by atoms with Crippen LogP contribution in [0.1, 0.15) is 30.8 Å². The minimum atomic E-state index is -0.970. The summed E-state index contributed by atoms with van der Waals surface area (Å²) in [6.07, 6.45) is 1.21. The Morgan fingerprint density at radius 1 is 1.31 bits per heavy atom. The predicted molar refractivity (Wildman–Crippen MR) is 90.7 cm³/mol. The lowest BCUT2D eigenvalue weighted by Crippen LogP contribution is -2.63. The van der Waals surface area contributed by atoms with E-state index in [9.17, 15) is 18.7 Å². The zero-order valence-electron chi connectivity index (χ0n) is 15.2. The van der Waals surface area contributed by atoms with Crippen molar-refractivity contribution in [1.82, 2.24) is 14.8 Å². The normalized spacial score (nSPS) is 26.7. The van der Waals surface area contributed by atoms with E-state index in [0.717, 1.165) is 19.3 Å². The van der Waals surface area contributed by atoms with E-state index < -0.39 is 28.6 Å². The summed E-state index contributed by atoms with van der Waals surface area (Å²) in [6.45, 7) is 7.72. The van der Waals surface area contributed by atoms with Gasteiger partial charge in [0.15, 0.2) is 11.5 Å². The van der Waals surface area contributed by atoms with Crippen molar-refractivity contribution in [3.63, 3.8) is 0 Å². The summed E-state index contributed by atoms with van der Waals surface area (Å²) in [5.41, 5.74) is -1.94. The van der Waals surface area contributed by atoms with E-state index in [1.54, 1.807) is 0 Å². The molecule has 2 fully saturated rings. The number of carbonyl (C=O) groups is 1. The number of halogens is 2. The minimum Gasteiger partial charge on any atom is -0.388 e. The number of carbonyl (C=O) groups excluding carboxylic acids is 1. The summed E-state index contributed by atoms with van der Waals surface area (Å²) in [7, 11) is 0. The fourth-order valence-electron chi connectivity index (χ4n) is 3.68. The summed E-state index contributed by atoms with van der Waals surface area (Å²) in [4.78, 5) is 19.9. The maximum atomic E-state index is 13.9. The molecule has 2 saturated heterocycles. The molecule has 8 heteroatoms. The van der Waals surface area contributed by atoms with Crippen LogP contribution in [0.15, 0.2) is 12.3 Å². The Morgan fingerprint density at radius 2 is 2.00 bits per heavy atom. The maximum absolute atomic E-state index is 13.9. The summed E-state index contributed by atoms with van der Waals surface area (Å²) in [5.74, 6) is -2.37. The highest BCUT2D eigenvalue weighted by molar-refractivity contribution is 5.92. The second kappa shape index (κ2) is 7.17. The number of aromatic nitrogens is 1. The van der Waals surface area contributed by atoms with Crippen molar-refractivity contribution < 1.29 is 23.4 Å². The van der Waals surface area contributed by atoms with Gasteiger partial charge in [-0.15, -0.1) is 0 Å². The van der Waals surface area contributed by atoms with Crippen molar-refractivity contribution >= 4 is 5.91 Å². The number of amides is 1. The van der Waals surface area contributed by atoms with Crippen LogP contribution in [0.3, 0.4) is 0 Å². The van der Waals surface area contributed by atoms with Gasteiger partial charge >= 0.3 is 0 Å². The summed E-state index contributed by atoms with van der Waals surface area (Å²) < 4.78 is 32.3. The van der Waals surface area contributed by atoms with Gasteiger partial charge < -0.3 is 14.7 Å². The van der Waals surface area contributed by atoms with Crippen LogP contribution in [-0.4, -0.2) is 77.3 Å². The predicted octanol–water partition coefficient (Wildman–Crippen LogP) is 1.30. The van der Waals surface area contributed by atoms with Crippen LogP contribution >= 0.6 is 0 Å². The molecule has 0 bridgehead atoms. The third-order valence-electron chi connectivity index (χ3n) is 5.53. The lowest BCUT2D eigenvalue weighted by atomic mass is 9.69. The molecule has 6 nitrogen and oxygen atoms in total. The smallest absolute Gasteiger partial charge is 0.275 e. The quantitative estimate of drug-likeness (QED) is 0.870. The topological polar surface area (TPSA) is 65.9 Å². The fraction of sp³-hybridized carbons (Fsp3) is 0.667. The van der Waals surface area contributed by atoms with E-state index >= 15 is 0 Å². The molecule has 1 aromatic rings. The molecule has 0 spiro atoms. The molecule has 3 rings (SSSR count). The Balaban J connectivity index is 1.72. The molecule has 2 aliphatic rings. The third-order valence-corrected chi connectivity index (χ3v) is 5.53. The Hall–Kier alpha value is -1.64. The molecule has 1 N–H and O–H groups in total. The van der Waals surface area contributed by atoms with Crippen molar-refractivity contribution in [2.24, 2.45) is 5.41 Å². The highest BCUT2D eigenvalue weighted by Gasteiger charge is 2.49. The summed E-state index contributed by atoms with van der Waals surface area (Å²) in [5, 5.41) is 11.3. The van der Waals surface area contributed by atoms with Crippen LogP contribution < -0.4 is 0 Å².